The Morgan fingerprint density at radius 2 is 1.32 bits per heavy atom. The van der Waals surface area contributed by atoms with E-state index in [4.69, 9.17) is 15.0 Å². The van der Waals surface area contributed by atoms with Gasteiger partial charge < -0.3 is 36.1 Å². The number of aliphatic imine (C=N–C) groups is 1. The average Bonchev–Trinajstić information content (AvgIpc) is 3.48. The number of allylic oxidation sites excluding steroid dienone is 10. The molecule has 0 amide bonds. The molecule has 1 aliphatic heterocycles. The van der Waals surface area contributed by atoms with Crippen LogP contribution in [-0.2, 0) is 22.1 Å². The average molecular weight is 598 g/mol. The maximum Gasteiger partial charge on any atom is 0.175 e. The van der Waals surface area contributed by atoms with Gasteiger partial charge in [-0.25, -0.2) is 4.99 Å². The maximum absolute atomic E-state index is 5.12. The van der Waals surface area contributed by atoms with Crippen molar-refractivity contribution >= 4 is 5.71 Å². The first-order valence-electron chi connectivity index (χ1n) is 15.2. The zero-order valence-corrected chi connectivity index (χ0v) is 29.0. The van der Waals surface area contributed by atoms with Crippen LogP contribution < -0.4 is 0 Å². The van der Waals surface area contributed by atoms with Crippen LogP contribution in [0.2, 0.25) is 0 Å². The summed E-state index contributed by atoms with van der Waals surface area (Å²) in [6.07, 6.45) is 19.1. The Hall–Kier alpha value is -2.12. The van der Waals surface area contributed by atoms with E-state index in [0.717, 1.165) is 37.5 Å². The molecule has 0 spiro atoms. The van der Waals surface area contributed by atoms with Gasteiger partial charge >= 0.3 is 0 Å². The molecule has 228 valence electrons. The molecule has 2 aliphatic carbocycles. The molecule has 3 aliphatic rings. The summed E-state index contributed by atoms with van der Waals surface area (Å²) in [4.78, 5) is 5.12. The van der Waals surface area contributed by atoms with E-state index in [-0.39, 0.29) is 17.4 Å². The third-order valence-electron chi connectivity index (χ3n) is 7.05. The molecule has 0 saturated carbocycles. The second kappa shape index (κ2) is 20.7. The molecular weight excluding hydrogens is 540 g/mol. The van der Waals surface area contributed by atoms with Crippen molar-refractivity contribution in [3.63, 3.8) is 0 Å². The van der Waals surface area contributed by atoms with Gasteiger partial charge in [0.1, 0.15) is 0 Å². The summed E-state index contributed by atoms with van der Waals surface area (Å²) < 4.78 is 4.94. The molecular formula is C37H57CrN2O-. The van der Waals surface area contributed by atoms with Crippen molar-refractivity contribution in [2.75, 3.05) is 13.2 Å². The van der Waals surface area contributed by atoms with Crippen LogP contribution >= 0.6 is 0 Å². The van der Waals surface area contributed by atoms with Crippen LogP contribution in [0.1, 0.15) is 94.9 Å². The molecule has 0 atom stereocenters. The van der Waals surface area contributed by atoms with E-state index in [1.807, 2.05) is 0 Å². The van der Waals surface area contributed by atoms with Gasteiger partial charge in [-0.05, 0) is 80.9 Å². The largest absolute Gasteiger partial charge is 0.638 e. The van der Waals surface area contributed by atoms with Crippen molar-refractivity contribution in [1.29, 1.82) is 0 Å². The van der Waals surface area contributed by atoms with Crippen molar-refractivity contribution < 1.29 is 22.1 Å². The molecule has 0 radical (unpaired) electrons. The van der Waals surface area contributed by atoms with E-state index in [1.165, 1.54) is 47.2 Å². The summed E-state index contributed by atoms with van der Waals surface area (Å²) in [5, 5.41) is 5.12. The van der Waals surface area contributed by atoms with Crippen molar-refractivity contribution in [3.05, 3.63) is 102 Å². The van der Waals surface area contributed by atoms with Crippen LogP contribution in [0.5, 0.6) is 0 Å². The molecule has 0 aromatic rings. The van der Waals surface area contributed by atoms with E-state index in [1.54, 1.807) is 12.2 Å². The molecule has 4 heteroatoms. The first-order valence-corrected chi connectivity index (χ1v) is 15.2. The first kappa shape index (κ1) is 38.9. The van der Waals surface area contributed by atoms with Gasteiger partial charge in [0.25, 0.3) is 0 Å². The molecule has 0 bridgehead atoms. The summed E-state index contributed by atoms with van der Waals surface area (Å²) in [5.74, 6) is 4.60. The molecule has 0 N–H and O–H groups in total. The van der Waals surface area contributed by atoms with Crippen LogP contribution in [0, 0.1) is 49.4 Å². The van der Waals surface area contributed by atoms with E-state index >= 15 is 0 Å². The number of nitrogens with zero attached hydrogens (tertiary/aromatic N) is 2. The molecule has 0 aromatic carbocycles. The summed E-state index contributed by atoms with van der Waals surface area (Å²) in [6, 6.07) is 0. The molecule has 3 nitrogen and oxygen atoms in total. The maximum atomic E-state index is 5.12. The Kier molecular flexibility index (Phi) is 19.6. The molecule has 0 aromatic heterocycles. The van der Waals surface area contributed by atoms with Crippen molar-refractivity contribution in [1.82, 2.24) is 0 Å². The number of rotatable bonds is 8. The summed E-state index contributed by atoms with van der Waals surface area (Å²) in [5.41, 5.74) is 7.29. The van der Waals surface area contributed by atoms with E-state index in [9.17, 15) is 0 Å². The van der Waals surface area contributed by atoms with Crippen LogP contribution in [-0.4, -0.2) is 18.9 Å². The van der Waals surface area contributed by atoms with Crippen molar-refractivity contribution in [2.45, 2.75) is 94.9 Å². The third kappa shape index (κ3) is 13.6. The molecule has 1 saturated heterocycles. The number of ether oxygens (including phenoxy) is 1. The van der Waals surface area contributed by atoms with Gasteiger partial charge in [-0.15, -0.1) is 0 Å². The van der Waals surface area contributed by atoms with Crippen LogP contribution in [0.15, 0.2) is 75.8 Å². The second-order valence-electron chi connectivity index (χ2n) is 11.9. The predicted molar refractivity (Wildman–Crippen MR) is 178 cm³/mol. The minimum absolute atomic E-state index is 0. The Balaban J connectivity index is 0.00000137. The van der Waals surface area contributed by atoms with Crippen molar-refractivity contribution in [3.8, 4) is 0 Å². The minimum atomic E-state index is 0. The van der Waals surface area contributed by atoms with Gasteiger partial charge in [0.2, 0.25) is 0 Å². The Morgan fingerprint density at radius 1 is 0.829 bits per heavy atom. The van der Waals surface area contributed by atoms with Gasteiger partial charge in [-0.3, -0.25) is 0 Å². The van der Waals surface area contributed by atoms with Gasteiger partial charge in [0, 0.05) is 95.8 Å². The van der Waals surface area contributed by atoms with Gasteiger partial charge in [-0.1, -0.05) is 13.0 Å². The molecule has 1 fully saturated rings. The first-order chi connectivity index (χ1) is 18.9. The van der Waals surface area contributed by atoms with Crippen LogP contribution in [0.4, 0.5) is 0 Å². The van der Waals surface area contributed by atoms with E-state index in [0.29, 0.717) is 23.7 Å². The topological polar surface area (TPSA) is 35.7 Å². The quantitative estimate of drug-likeness (QED) is 0.202. The zero-order valence-electron chi connectivity index (χ0n) is 27.7. The molecule has 3 rings (SSSR count). The summed E-state index contributed by atoms with van der Waals surface area (Å²) in [7, 11) is 0. The van der Waals surface area contributed by atoms with Gasteiger partial charge in [0.15, 0.2) is 5.70 Å². The Bertz CT molecular complexity index is 957. The molecule has 1 heterocycles. The van der Waals surface area contributed by atoms with Gasteiger partial charge in [0.05, 0.1) is 24.3 Å². The van der Waals surface area contributed by atoms with Gasteiger partial charge in [-0.2, -0.15) is 5.70 Å². The normalized spacial score (nSPS) is 17.9. The summed E-state index contributed by atoms with van der Waals surface area (Å²) in [6.45, 7) is 31.0. The SMILES string of the molecule is C1CCOC1.CC(/C=C(/C)[N-]C1=C(C(C)C)CC=C[C+]1C(C)C)=NC1=C(C(C)C)CC=C[C+]1C(C)C.[CH2-]/C=C\[CH2-].[Cr]. The van der Waals surface area contributed by atoms with E-state index in [2.05, 4.69) is 113 Å². The monoisotopic (exact) mass is 597 g/mol. The molecule has 41 heavy (non-hydrogen) atoms. The predicted octanol–water partition coefficient (Wildman–Crippen LogP) is 10.9. The molecule has 0 unspecified atom stereocenters. The van der Waals surface area contributed by atoms with Crippen LogP contribution in [0.3, 0.4) is 0 Å². The Morgan fingerprint density at radius 3 is 1.73 bits per heavy atom. The fourth-order valence-corrected chi connectivity index (χ4v) is 4.80. The fraction of sp³-hybridized carbons (Fsp3) is 0.541. The number of hydrogen-bond acceptors (Lipinski definition) is 2. The standard InChI is InChI=1S/C29H43N2.C4H8O.C4H6.Cr/c1-18(2)24-13-11-14-25(19(3)4)28(24)30-22(9)17-23(10)31-29-26(20(5)6)15-12-16-27(29)21(7)8;1-2-4-5-3-1;1-3-4-2;/h11-13,15,17-21H,14,16H2,1-10H3;1-4H2;3-4H,1-2H2;/q+1;;-2;/b22-17-,31-23?;;4-3-;. The van der Waals surface area contributed by atoms with Crippen molar-refractivity contribution in [2.24, 2.45) is 28.7 Å². The van der Waals surface area contributed by atoms with E-state index < -0.39 is 0 Å². The van der Waals surface area contributed by atoms with Crippen LogP contribution in [0.25, 0.3) is 5.32 Å². The minimum Gasteiger partial charge on any atom is -0.638 e. The zero-order chi connectivity index (χ0) is 30.2. The fourth-order valence-electron chi connectivity index (χ4n) is 4.80. The summed E-state index contributed by atoms with van der Waals surface area (Å²) >= 11 is 0. The third-order valence-corrected chi connectivity index (χ3v) is 7.05. The Labute approximate surface area is 265 Å². The number of hydrogen-bond donors (Lipinski definition) is 0. The smallest absolute Gasteiger partial charge is 0.175 e. The second-order valence-corrected chi connectivity index (χ2v) is 11.9.